The standard InChI is InChI=1S/C16H24N2O4S.ClH/c1-21-12-3-4-15(22-2)13(8-12)14(19)9-18-16(20)7-11-10-23-6-5-17-11;/h3-4,8,11,14,17,19H,5-7,9-10H2,1-2H3,(H,18,20);1H. The molecule has 1 amide bonds. The zero-order valence-corrected chi connectivity index (χ0v) is 15.5. The Balaban J connectivity index is 0.00000288. The Morgan fingerprint density at radius 1 is 1.46 bits per heavy atom. The molecule has 2 unspecified atom stereocenters. The van der Waals surface area contributed by atoms with Crippen LogP contribution in [0.15, 0.2) is 18.2 Å². The summed E-state index contributed by atoms with van der Waals surface area (Å²) in [5, 5.41) is 16.4. The quantitative estimate of drug-likeness (QED) is 0.667. The molecule has 24 heavy (non-hydrogen) atoms. The fourth-order valence-electron chi connectivity index (χ4n) is 2.47. The van der Waals surface area contributed by atoms with E-state index in [1.165, 1.54) is 0 Å². The van der Waals surface area contributed by atoms with Crippen molar-refractivity contribution in [1.29, 1.82) is 0 Å². The van der Waals surface area contributed by atoms with Crippen LogP contribution in [-0.2, 0) is 4.79 Å². The third kappa shape index (κ3) is 6.05. The summed E-state index contributed by atoms with van der Waals surface area (Å²) >= 11 is 1.85. The Morgan fingerprint density at radius 3 is 2.88 bits per heavy atom. The van der Waals surface area contributed by atoms with Gasteiger partial charge in [0.15, 0.2) is 0 Å². The smallest absolute Gasteiger partial charge is 0.221 e. The number of ether oxygens (including phenoxy) is 2. The van der Waals surface area contributed by atoms with E-state index in [1.807, 2.05) is 11.8 Å². The number of benzene rings is 1. The zero-order chi connectivity index (χ0) is 16.7. The van der Waals surface area contributed by atoms with Crippen LogP contribution in [0.4, 0.5) is 0 Å². The number of hydrogen-bond acceptors (Lipinski definition) is 6. The number of hydrogen-bond donors (Lipinski definition) is 3. The molecule has 1 aromatic carbocycles. The Morgan fingerprint density at radius 2 is 2.25 bits per heavy atom. The normalized spacial score (nSPS) is 18.2. The summed E-state index contributed by atoms with van der Waals surface area (Å²) < 4.78 is 10.4. The van der Waals surface area contributed by atoms with E-state index in [0.717, 1.165) is 18.1 Å². The molecule has 1 saturated heterocycles. The lowest BCUT2D eigenvalue weighted by Crippen LogP contribution is -2.41. The SMILES string of the molecule is COc1ccc(OC)c(C(O)CNC(=O)CC2CSCCN2)c1.Cl. The van der Waals surface area contributed by atoms with E-state index < -0.39 is 6.10 Å². The second-order valence-corrected chi connectivity index (χ2v) is 6.51. The molecule has 0 aliphatic carbocycles. The van der Waals surface area contributed by atoms with Crippen LogP contribution < -0.4 is 20.1 Å². The fraction of sp³-hybridized carbons (Fsp3) is 0.562. The second-order valence-electron chi connectivity index (χ2n) is 5.36. The maximum Gasteiger partial charge on any atom is 0.221 e. The van der Waals surface area contributed by atoms with Gasteiger partial charge in [-0.15, -0.1) is 12.4 Å². The van der Waals surface area contributed by atoms with Crippen LogP contribution in [0.25, 0.3) is 0 Å². The van der Waals surface area contributed by atoms with E-state index in [-0.39, 0.29) is 30.9 Å². The molecular formula is C16H25ClN2O4S. The summed E-state index contributed by atoms with van der Waals surface area (Å²) in [5.41, 5.74) is 0.596. The fourth-order valence-corrected chi connectivity index (χ4v) is 3.42. The highest BCUT2D eigenvalue weighted by Crippen LogP contribution is 2.29. The third-order valence-electron chi connectivity index (χ3n) is 3.72. The lowest BCUT2D eigenvalue weighted by molar-refractivity contribution is -0.122. The van der Waals surface area contributed by atoms with Crippen LogP contribution >= 0.6 is 24.2 Å². The third-order valence-corrected chi connectivity index (χ3v) is 4.85. The first-order valence-corrected chi connectivity index (χ1v) is 8.77. The average molecular weight is 377 g/mol. The molecule has 0 radical (unpaired) electrons. The summed E-state index contributed by atoms with van der Waals surface area (Å²) in [6.07, 6.45) is -0.424. The first kappa shape index (κ1) is 20.9. The van der Waals surface area contributed by atoms with Crippen molar-refractivity contribution >= 4 is 30.1 Å². The molecule has 1 aliphatic rings. The van der Waals surface area contributed by atoms with Gasteiger partial charge in [-0.05, 0) is 18.2 Å². The molecule has 0 aromatic heterocycles. The van der Waals surface area contributed by atoms with Crippen LogP contribution in [0, 0.1) is 0 Å². The molecule has 6 nitrogen and oxygen atoms in total. The van der Waals surface area contributed by atoms with Crippen LogP contribution in [0.3, 0.4) is 0 Å². The number of carbonyl (C=O) groups excluding carboxylic acids is 1. The Labute approximate surface area is 153 Å². The van der Waals surface area contributed by atoms with Gasteiger partial charge in [0.1, 0.15) is 11.5 Å². The van der Waals surface area contributed by atoms with Gasteiger partial charge in [0.25, 0.3) is 0 Å². The molecule has 2 atom stereocenters. The van der Waals surface area contributed by atoms with Gasteiger partial charge in [-0.2, -0.15) is 11.8 Å². The van der Waals surface area contributed by atoms with Gasteiger partial charge < -0.3 is 25.2 Å². The van der Waals surface area contributed by atoms with E-state index in [9.17, 15) is 9.90 Å². The van der Waals surface area contributed by atoms with Crippen molar-refractivity contribution < 1.29 is 19.4 Å². The highest BCUT2D eigenvalue weighted by molar-refractivity contribution is 7.99. The van der Waals surface area contributed by atoms with Gasteiger partial charge in [0.2, 0.25) is 5.91 Å². The van der Waals surface area contributed by atoms with Crippen LogP contribution in [0.1, 0.15) is 18.1 Å². The summed E-state index contributed by atoms with van der Waals surface area (Å²) in [6, 6.07) is 5.43. The van der Waals surface area contributed by atoms with E-state index in [0.29, 0.717) is 23.5 Å². The average Bonchev–Trinajstić information content (AvgIpc) is 2.60. The number of amides is 1. The van der Waals surface area contributed by atoms with Crippen molar-refractivity contribution in [2.24, 2.45) is 0 Å². The molecule has 0 saturated carbocycles. The predicted molar refractivity (Wildman–Crippen MR) is 98.5 cm³/mol. The summed E-state index contributed by atoms with van der Waals surface area (Å²) in [6.45, 7) is 1.08. The number of aliphatic hydroxyl groups is 1. The van der Waals surface area contributed by atoms with Crippen molar-refractivity contribution in [3.63, 3.8) is 0 Å². The molecule has 0 bridgehead atoms. The Hall–Kier alpha value is -1.15. The summed E-state index contributed by atoms with van der Waals surface area (Å²) in [4.78, 5) is 12.0. The maximum absolute atomic E-state index is 12.0. The minimum absolute atomic E-state index is 0. The van der Waals surface area contributed by atoms with Crippen molar-refractivity contribution in [2.75, 3.05) is 38.8 Å². The van der Waals surface area contributed by atoms with E-state index in [4.69, 9.17) is 9.47 Å². The van der Waals surface area contributed by atoms with E-state index in [1.54, 1.807) is 32.4 Å². The first-order valence-electron chi connectivity index (χ1n) is 7.62. The van der Waals surface area contributed by atoms with Crippen molar-refractivity contribution in [3.05, 3.63) is 23.8 Å². The maximum atomic E-state index is 12.0. The first-order chi connectivity index (χ1) is 11.1. The number of carbonyl (C=O) groups is 1. The van der Waals surface area contributed by atoms with Gasteiger partial charge >= 0.3 is 0 Å². The lowest BCUT2D eigenvalue weighted by atomic mass is 10.1. The monoisotopic (exact) mass is 376 g/mol. The number of rotatable bonds is 7. The molecule has 8 heteroatoms. The number of thioether (sulfide) groups is 1. The lowest BCUT2D eigenvalue weighted by Gasteiger charge is -2.23. The topological polar surface area (TPSA) is 79.8 Å². The molecule has 1 aliphatic heterocycles. The van der Waals surface area contributed by atoms with Gasteiger partial charge in [0.05, 0.1) is 20.3 Å². The van der Waals surface area contributed by atoms with E-state index >= 15 is 0 Å². The minimum atomic E-state index is -0.849. The van der Waals surface area contributed by atoms with Crippen LogP contribution in [-0.4, -0.2) is 55.9 Å². The molecule has 1 heterocycles. The Kier molecular flexibility index (Phi) is 9.28. The van der Waals surface area contributed by atoms with Crippen LogP contribution in [0.2, 0.25) is 0 Å². The molecular weight excluding hydrogens is 352 g/mol. The van der Waals surface area contributed by atoms with Crippen molar-refractivity contribution in [1.82, 2.24) is 10.6 Å². The van der Waals surface area contributed by atoms with Crippen molar-refractivity contribution in [2.45, 2.75) is 18.6 Å². The summed E-state index contributed by atoms with van der Waals surface area (Å²) in [5.74, 6) is 3.17. The molecule has 1 fully saturated rings. The molecule has 3 N–H and O–H groups in total. The van der Waals surface area contributed by atoms with Gasteiger partial charge in [-0.25, -0.2) is 0 Å². The number of nitrogens with one attached hydrogen (secondary N) is 2. The largest absolute Gasteiger partial charge is 0.497 e. The number of halogens is 1. The van der Waals surface area contributed by atoms with Crippen LogP contribution in [0.5, 0.6) is 11.5 Å². The molecule has 1 aromatic rings. The van der Waals surface area contributed by atoms with E-state index in [2.05, 4.69) is 10.6 Å². The number of methoxy groups -OCH3 is 2. The minimum Gasteiger partial charge on any atom is -0.497 e. The molecule has 136 valence electrons. The molecule has 2 rings (SSSR count). The van der Waals surface area contributed by atoms with Gasteiger partial charge in [0, 0.05) is 42.6 Å². The zero-order valence-electron chi connectivity index (χ0n) is 13.9. The highest BCUT2D eigenvalue weighted by atomic mass is 35.5. The van der Waals surface area contributed by atoms with Gasteiger partial charge in [-0.1, -0.05) is 0 Å². The number of aliphatic hydroxyl groups excluding tert-OH is 1. The van der Waals surface area contributed by atoms with Gasteiger partial charge in [-0.3, -0.25) is 4.79 Å². The summed E-state index contributed by atoms with van der Waals surface area (Å²) in [7, 11) is 3.11. The van der Waals surface area contributed by atoms with Crippen molar-refractivity contribution in [3.8, 4) is 11.5 Å². The highest BCUT2D eigenvalue weighted by Gasteiger charge is 2.19. The molecule has 0 spiro atoms. The second kappa shape index (κ2) is 10.7. The Bertz CT molecular complexity index is 527. The predicted octanol–water partition coefficient (Wildman–Crippen LogP) is 1.37.